The minimum atomic E-state index is 0.694. The van der Waals surface area contributed by atoms with Crippen LogP contribution in [-0.2, 0) is 5.75 Å². The molecule has 80 valence electrons. The molecule has 2 aromatic rings. The maximum Gasteiger partial charge on any atom is 0.150 e. The molecule has 0 aliphatic rings. The Labute approximate surface area is 97.9 Å². The lowest BCUT2D eigenvalue weighted by atomic mass is 10.2. The number of aromatic nitrogens is 2. The first-order chi connectivity index (χ1) is 7.88. The number of rotatable bonds is 4. The third-order valence-electron chi connectivity index (χ3n) is 1.98. The smallest absolute Gasteiger partial charge is 0.150 e. The highest BCUT2D eigenvalue weighted by atomic mass is 32.2. The Morgan fingerprint density at radius 1 is 1.19 bits per heavy atom. The Kier molecular flexibility index (Phi) is 3.66. The van der Waals surface area contributed by atoms with Crippen molar-refractivity contribution in [2.24, 2.45) is 0 Å². The number of nitrogens with zero attached hydrogens (tertiary/aromatic N) is 2. The van der Waals surface area contributed by atoms with Gasteiger partial charge in [-0.05, 0) is 18.2 Å². The van der Waals surface area contributed by atoms with Crippen molar-refractivity contribution in [2.75, 3.05) is 0 Å². The Morgan fingerprint density at radius 2 is 2.00 bits per heavy atom. The van der Waals surface area contributed by atoms with E-state index in [1.165, 1.54) is 0 Å². The molecule has 3 nitrogen and oxygen atoms in total. The van der Waals surface area contributed by atoms with Crippen LogP contribution in [0.5, 0.6) is 0 Å². The Balaban J connectivity index is 2.02. The molecular formula is C12H10N2OS. The lowest BCUT2D eigenvalue weighted by Gasteiger charge is -2.00. The first-order valence-corrected chi connectivity index (χ1v) is 5.81. The van der Waals surface area contributed by atoms with Crippen LogP contribution in [0.25, 0.3) is 0 Å². The summed E-state index contributed by atoms with van der Waals surface area (Å²) in [6.45, 7) is 0. The van der Waals surface area contributed by atoms with Crippen molar-refractivity contribution in [1.82, 2.24) is 9.97 Å². The maximum absolute atomic E-state index is 10.6. The normalized spacial score (nSPS) is 10.0. The van der Waals surface area contributed by atoms with Gasteiger partial charge in [-0.15, -0.1) is 11.8 Å². The number of hydrogen-bond acceptors (Lipinski definition) is 4. The van der Waals surface area contributed by atoms with Gasteiger partial charge in [0.05, 0.1) is 5.75 Å². The summed E-state index contributed by atoms with van der Waals surface area (Å²) in [4.78, 5) is 19.9. The zero-order chi connectivity index (χ0) is 11.2. The molecule has 1 heterocycles. The van der Waals surface area contributed by atoms with Crippen LogP contribution in [0.3, 0.4) is 0 Å². The molecule has 1 aromatic carbocycles. The van der Waals surface area contributed by atoms with Crippen molar-refractivity contribution in [2.45, 2.75) is 10.6 Å². The molecular weight excluding hydrogens is 220 g/mol. The third kappa shape index (κ3) is 2.90. The molecule has 0 unspecified atom stereocenters. The Bertz CT molecular complexity index is 473. The second-order valence-corrected chi connectivity index (χ2v) is 4.19. The SMILES string of the molecule is O=Cc1cccc(SCc2ncccn2)c1. The highest BCUT2D eigenvalue weighted by molar-refractivity contribution is 7.98. The molecule has 0 saturated carbocycles. The fraction of sp³-hybridized carbons (Fsp3) is 0.0833. The van der Waals surface area contributed by atoms with Crippen LogP contribution in [0.2, 0.25) is 0 Å². The molecule has 0 N–H and O–H groups in total. The molecule has 0 fully saturated rings. The predicted octanol–water partition coefficient (Wildman–Crippen LogP) is 2.58. The summed E-state index contributed by atoms with van der Waals surface area (Å²) in [5.74, 6) is 1.51. The van der Waals surface area contributed by atoms with E-state index in [1.807, 2.05) is 18.2 Å². The van der Waals surface area contributed by atoms with Gasteiger partial charge >= 0.3 is 0 Å². The van der Waals surface area contributed by atoms with Gasteiger partial charge in [0.1, 0.15) is 12.1 Å². The molecule has 1 aromatic heterocycles. The van der Waals surface area contributed by atoms with E-state index in [0.29, 0.717) is 11.3 Å². The molecule has 0 aliphatic heterocycles. The van der Waals surface area contributed by atoms with Crippen LogP contribution in [0, 0.1) is 0 Å². The van der Waals surface area contributed by atoms with Crippen LogP contribution in [0.1, 0.15) is 16.2 Å². The van der Waals surface area contributed by atoms with Crippen LogP contribution < -0.4 is 0 Å². The summed E-state index contributed by atoms with van der Waals surface area (Å²) >= 11 is 1.62. The molecule has 4 heteroatoms. The second-order valence-electron chi connectivity index (χ2n) is 3.14. The number of aldehydes is 1. The van der Waals surface area contributed by atoms with Gasteiger partial charge in [0.2, 0.25) is 0 Å². The van der Waals surface area contributed by atoms with Gasteiger partial charge in [-0.3, -0.25) is 4.79 Å². The zero-order valence-electron chi connectivity index (χ0n) is 8.54. The summed E-state index contributed by atoms with van der Waals surface area (Å²) in [6.07, 6.45) is 4.30. The largest absolute Gasteiger partial charge is 0.298 e. The summed E-state index contributed by atoms with van der Waals surface area (Å²) in [5, 5.41) is 0. The third-order valence-corrected chi connectivity index (χ3v) is 2.97. The first kappa shape index (κ1) is 10.8. The molecule has 0 aliphatic carbocycles. The van der Waals surface area contributed by atoms with E-state index in [9.17, 15) is 4.79 Å². The van der Waals surface area contributed by atoms with Crippen molar-refractivity contribution in [3.8, 4) is 0 Å². The van der Waals surface area contributed by atoms with Crippen LogP contribution in [-0.4, -0.2) is 16.3 Å². The number of thioether (sulfide) groups is 1. The summed E-state index contributed by atoms with van der Waals surface area (Å²) in [5.41, 5.74) is 0.694. The average molecular weight is 230 g/mol. The van der Waals surface area contributed by atoms with E-state index >= 15 is 0 Å². The molecule has 0 radical (unpaired) electrons. The Morgan fingerprint density at radius 3 is 2.75 bits per heavy atom. The lowest BCUT2D eigenvalue weighted by Crippen LogP contribution is -1.89. The molecule has 16 heavy (non-hydrogen) atoms. The summed E-state index contributed by atoms with van der Waals surface area (Å²) in [6, 6.07) is 9.29. The van der Waals surface area contributed by atoms with Gasteiger partial charge in [-0.2, -0.15) is 0 Å². The molecule has 0 spiro atoms. The van der Waals surface area contributed by atoms with Crippen LogP contribution in [0.4, 0.5) is 0 Å². The van der Waals surface area contributed by atoms with E-state index in [1.54, 1.807) is 36.3 Å². The monoisotopic (exact) mass is 230 g/mol. The second kappa shape index (κ2) is 5.42. The highest BCUT2D eigenvalue weighted by Gasteiger charge is 1.98. The topological polar surface area (TPSA) is 42.9 Å². The molecule has 0 bridgehead atoms. The van der Waals surface area contributed by atoms with Crippen molar-refractivity contribution in [3.63, 3.8) is 0 Å². The predicted molar refractivity (Wildman–Crippen MR) is 63.4 cm³/mol. The number of benzene rings is 1. The number of hydrogen-bond donors (Lipinski definition) is 0. The van der Waals surface area contributed by atoms with E-state index in [2.05, 4.69) is 9.97 Å². The molecule has 0 saturated heterocycles. The first-order valence-electron chi connectivity index (χ1n) is 4.82. The van der Waals surface area contributed by atoms with Crippen molar-refractivity contribution in [3.05, 3.63) is 54.1 Å². The molecule has 0 atom stereocenters. The van der Waals surface area contributed by atoms with Gasteiger partial charge in [0.15, 0.2) is 0 Å². The number of carbonyl (C=O) groups excluding carboxylic acids is 1. The van der Waals surface area contributed by atoms with Crippen LogP contribution >= 0.6 is 11.8 Å². The molecule has 0 amide bonds. The van der Waals surface area contributed by atoms with Gasteiger partial charge in [0, 0.05) is 22.9 Å². The fourth-order valence-corrected chi connectivity index (χ4v) is 2.07. The zero-order valence-corrected chi connectivity index (χ0v) is 9.35. The minimum Gasteiger partial charge on any atom is -0.298 e. The standard InChI is InChI=1S/C12H10N2OS/c15-8-10-3-1-4-11(7-10)16-9-12-13-5-2-6-14-12/h1-8H,9H2. The highest BCUT2D eigenvalue weighted by Crippen LogP contribution is 2.21. The summed E-state index contributed by atoms with van der Waals surface area (Å²) in [7, 11) is 0. The maximum atomic E-state index is 10.6. The van der Waals surface area contributed by atoms with E-state index in [0.717, 1.165) is 17.0 Å². The quantitative estimate of drug-likeness (QED) is 0.598. The van der Waals surface area contributed by atoms with Crippen molar-refractivity contribution >= 4 is 18.0 Å². The van der Waals surface area contributed by atoms with Crippen molar-refractivity contribution < 1.29 is 4.79 Å². The summed E-state index contributed by atoms with van der Waals surface area (Å²) < 4.78 is 0. The van der Waals surface area contributed by atoms with E-state index in [-0.39, 0.29) is 0 Å². The minimum absolute atomic E-state index is 0.694. The van der Waals surface area contributed by atoms with E-state index < -0.39 is 0 Å². The molecule has 2 rings (SSSR count). The van der Waals surface area contributed by atoms with Crippen LogP contribution in [0.15, 0.2) is 47.6 Å². The lowest BCUT2D eigenvalue weighted by molar-refractivity contribution is 0.112. The van der Waals surface area contributed by atoms with E-state index in [4.69, 9.17) is 0 Å². The van der Waals surface area contributed by atoms with Crippen molar-refractivity contribution in [1.29, 1.82) is 0 Å². The Hall–Kier alpha value is -1.68. The van der Waals surface area contributed by atoms with Gasteiger partial charge in [-0.25, -0.2) is 9.97 Å². The van der Waals surface area contributed by atoms with Gasteiger partial charge < -0.3 is 0 Å². The van der Waals surface area contributed by atoms with Gasteiger partial charge in [-0.1, -0.05) is 12.1 Å². The number of carbonyl (C=O) groups is 1. The fourth-order valence-electron chi connectivity index (χ4n) is 1.23. The van der Waals surface area contributed by atoms with Gasteiger partial charge in [0.25, 0.3) is 0 Å². The average Bonchev–Trinajstić information content (AvgIpc) is 2.38.